The lowest BCUT2D eigenvalue weighted by Crippen LogP contribution is -2.46. The van der Waals surface area contributed by atoms with E-state index in [1.807, 2.05) is 48.2 Å². The number of para-hydroxylation sites is 1. The Morgan fingerprint density at radius 3 is 2.96 bits per heavy atom. The number of nitrogens with zero attached hydrogens (tertiary/aromatic N) is 3. The molecule has 2 heterocycles. The van der Waals surface area contributed by atoms with Gasteiger partial charge in [-0.25, -0.2) is 9.97 Å². The summed E-state index contributed by atoms with van der Waals surface area (Å²) in [5.41, 5.74) is 1.98. The van der Waals surface area contributed by atoms with Crippen LogP contribution in [0.5, 0.6) is 5.75 Å². The van der Waals surface area contributed by atoms with Crippen molar-refractivity contribution in [1.29, 1.82) is 0 Å². The topological polar surface area (TPSA) is 64.6 Å². The van der Waals surface area contributed by atoms with Crippen molar-refractivity contribution in [2.75, 3.05) is 26.3 Å². The van der Waals surface area contributed by atoms with E-state index in [2.05, 4.69) is 9.97 Å². The van der Waals surface area contributed by atoms with Crippen LogP contribution in [-0.4, -0.2) is 53.2 Å². The van der Waals surface area contributed by atoms with E-state index in [-0.39, 0.29) is 12.0 Å². The van der Waals surface area contributed by atoms with Gasteiger partial charge in [0.2, 0.25) is 5.91 Å². The molecule has 1 atom stereocenters. The number of hydrogen-bond donors (Lipinski definition) is 0. The molecular weight excluding hydrogens is 330 g/mol. The highest BCUT2D eigenvalue weighted by Crippen LogP contribution is 2.14. The molecule has 1 aliphatic rings. The van der Waals surface area contributed by atoms with Gasteiger partial charge in [0.05, 0.1) is 25.7 Å². The number of rotatable bonds is 7. The molecule has 0 spiro atoms. The third-order valence-corrected chi connectivity index (χ3v) is 4.40. The normalized spacial score (nSPS) is 17.1. The summed E-state index contributed by atoms with van der Waals surface area (Å²) in [6.07, 6.45) is 3.70. The number of hydrogen-bond acceptors (Lipinski definition) is 5. The van der Waals surface area contributed by atoms with E-state index in [0.29, 0.717) is 32.7 Å². The van der Waals surface area contributed by atoms with Crippen LogP contribution in [0.25, 0.3) is 0 Å². The van der Waals surface area contributed by atoms with Crippen molar-refractivity contribution in [2.45, 2.75) is 32.3 Å². The fourth-order valence-electron chi connectivity index (χ4n) is 3.01. The molecule has 0 N–H and O–H groups in total. The van der Waals surface area contributed by atoms with E-state index in [4.69, 9.17) is 9.47 Å². The minimum Gasteiger partial charge on any atom is -0.493 e. The maximum atomic E-state index is 12.4. The quantitative estimate of drug-likeness (QED) is 0.763. The highest BCUT2D eigenvalue weighted by molar-refractivity contribution is 5.76. The van der Waals surface area contributed by atoms with Gasteiger partial charge in [0.15, 0.2) is 0 Å². The van der Waals surface area contributed by atoms with Crippen LogP contribution in [0.4, 0.5) is 0 Å². The van der Waals surface area contributed by atoms with Crippen LogP contribution in [0, 0.1) is 6.92 Å². The number of amides is 1. The number of carbonyl (C=O) groups excluding carboxylic acids is 1. The van der Waals surface area contributed by atoms with Gasteiger partial charge in [0.1, 0.15) is 12.1 Å². The fraction of sp³-hybridized carbons (Fsp3) is 0.450. The molecule has 0 bridgehead atoms. The molecule has 1 aliphatic heterocycles. The molecule has 6 heteroatoms. The molecule has 26 heavy (non-hydrogen) atoms. The first-order chi connectivity index (χ1) is 12.7. The number of morpholine rings is 1. The van der Waals surface area contributed by atoms with Crippen molar-refractivity contribution < 1.29 is 14.3 Å². The lowest BCUT2D eigenvalue weighted by Gasteiger charge is -2.33. The average Bonchev–Trinajstić information content (AvgIpc) is 2.67. The Hall–Kier alpha value is -2.47. The fourth-order valence-corrected chi connectivity index (χ4v) is 3.01. The molecule has 0 radical (unpaired) electrons. The predicted octanol–water partition coefficient (Wildman–Crippen LogP) is 2.41. The van der Waals surface area contributed by atoms with Crippen LogP contribution in [0.1, 0.15) is 24.2 Å². The van der Waals surface area contributed by atoms with E-state index >= 15 is 0 Å². The van der Waals surface area contributed by atoms with Gasteiger partial charge in [0, 0.05) is 24.5 Å². The number of benzene rings is 1. The largest absolute Gasteiger partial charge is 0.493 e. The van der Waals surface area contributed by atoms with Gasteiger partial charge in [-0.15, -0.1) is 0 Å². The number of aromatic nitrogens is 2. The van der Waals surface area contributed by atoms with Crippen molar-refractivity contribution in [1.82, 2.24) is 14.9 Å². The van der Waals surface area contributed by atoms with E-state index in [9.17, 15) is 4.79 Å². The molecule has 0 saturated carbocycles. The van der Waals surface area contributed by atoms with Gasteiger partial charge in [-0.1, -0.05) is 18.2 Å². The second-order valence-electron chi connectivity index (χ2n) is 6.43. The van der Waals surface area contributed by atoms with Gasteiger partial charge < -0.3 is 14.4 Å². The van der Waals surface area contributed by atoms with E-state index in [1.54, 1.807) is 6.33 Å². The molecule has 1 fully saturated rings. The van der Waals surface area contributed by atoms with Gasteiger partial charge in [-0.05, 0) is 38.0 Å². The summed E-state index contributed by atoms with van der Waals surface area (Å²) in [5.74, 6) is 0.910. The third-order valence-electron chi connectivity index (χ3n) is 4.40. The van der Waals surface area contributed by atoms with E-state index < -0.39 is 0 Å². The Morgan fingerprint density at radius 2 is 2.15 bits per heavy atom. The van der Waals surface area contributed by atoms with Gasteiger partial charge >= 0.3 is 0 Å². The summed E-state index contributed by atoms with van der Waals surface area (Å²) in [6.45, 7) is 4.21. The first kappa shape index (κ1) is 18.3. The van der Waals surface area contributed by atoms with Gasteiger partial charge in [-0.3, -0.25) is 4.79 Å². The standard InChI is InChI=1S/C20H25N3O3/c1-16-13-17(22-15-21-16)7-8-19-14-23(10-12-26-19)20(24)9-11-25-18-5-3-2-4-6-18/h2-6,13,15,19H,7-12,14H2,1H3. The first-order valence-corrected chi connectivity index (χ1v) is 9.05. The van der Waals surface area contributed by atoms with Crippen molar-refractivity contribution in [3.05, 3.63) is 54.1 Å². The summed E-state index contributed by atoms with van der Waals surface area (Å²) < 4.78 is 11.4. The summed E-state index contributed by atoms with van der Waals surface area (Å²) in [5, 5.41) is 0. The second kappa shape index (κ2) is 9.29. The molecule has 1 amide bonds. The molecule has 1 aromatic carbocycles. The Labute approximate surface area is 154 Å². The maximum Gasteiger partial charge on any atom is 0.226 e. The first-order valence-electron chi connectivity index (χ1n) is 9.05. The highest BCUT2D eigenvalue weighted by atomic mass is 16.5. The molecule has 1 aromatic heterocycles. The second-order valence-corrected chi connectivity index (χ2v) is 6.43. The molecule has 0 aliphatic carbocycles. The van der Waals surface area contributed by atoms with E-state index in [0.717, 1.165) is 30.0 Å². The lowest BCUT2D eigenvalue weighted by atomic mass is 10.1. The molecule has 2 aromatic rings. The molecule has 6 nitrogen and oxygen atoms in total. The summed E-state index contributed by atoms with van der Waals surface area (Å²) in [4.78, 5) is 22.7. The highest BCUT2D eigenvalue weighted by Gasteiger charge is 2.24. The van der Waals surface area contributed by atoms with Crippen LogP contribution < -0.4 is 4.74 Å². The zero-order chi connectivity index (χ0) is 18.2. The smallest absolute Gasteiger partial charge is 0.226 e. The van der Waals surface area contributed by atoms with Crippen molar-refractivity contribution in [3.8, 4) is 5.75 Å². The van der Waals surface area contributed by atoms with Crippen LogP contribution >= 0.6 is 0 Å². The average molecular weight is 355 g/mol. The molecule has 3 rings (SSSR count). The number of ether oxygens (including phenoxy) is 2. The Bertz CT molecular complexity index is 708. The van der Waals surface area contributed by atoms with E-state index in [1.165, 1.54) is 0 Å². The Morgan fingerprint density at radius 1 is 1.31 bits per heavy atom. The SMILES string of the molecule is Cc1cc(CCC2CN(C(=O)CCOc3ccccc3)CCO2)ncn1. The van der Waals surface area contributed by atoms with Crippen LogP contribution in [-0.2, 0) is 16.0 Å². The molecule has 138 valence electrons. The van der Waals surface area contributed by atoms with Crippen molar-refractivity contribution >= 4 is 5.91 Å². The lowest BCUT2D eigenvalue weighted by molar-refractivity contribution is -0.139. The minimum absolute atomic E-state index is 0.0537. The number of aryl methyl sites for hydroxylation is 2. The zero-order valence-electron chi connectivity index (χ0n) is 15.1. The number of carbonyl (C=O) groups is 1. The third kappa shape index (κ3) is 5.52. The minimum atomic E-state index is 0.0537. The van der Waals surface area contributed by atoms with Crippen LogP contribution in [0.3, 0.4) is 0 Å². The van der Waals surface area contributed by atoms with Crippen LogP contribution in [0.15, 0.2) is 42.7 Å². The molecular formula is C20H25N3O3. The Kier molecular flexibility index (Phi) is 6.55. The van der Waals surface area contributed by atoms with Crippen LogP contribution in [0.2, 0.25) is 0 Å². The predicted molar refractivity (Wildman–Crippen MR) is 98.0 cm³/mol. The van der Waals surface area contributed by atoms with Gasteiger partial charge in [0.25, 0.3) is 0 Å². The Balaban J connectivity index is 1.41. The summed E-state index contributed by atoms with van der Waals surface area (Å²) in [7, 11) is 0. The molecule has 1 saturated heterocycles. The monoisotopic (exact) mass is 355 g/mol. The maximum absolute atomic E-state index is 12.4. The molecule has 1 unspecified atom stereocenters. The van der Waals surface area contributed by atoms with Gasteiger partial charge in [-0.2, -0.15) is 0 Å². The summed E-state index contributed by atoms with van der Waals surface area (Å²) >= 11 is 0. The zero-order valence-corrected chi connectivity index (χ0v) is 15.1. The summed E-state index contributed by atoms with van der Waals surface area (Å²) in [6, 6.07) is 11.6. The van der Waals surface area contributed by atoms with Crippen molar-refractivity contribution in [3.63, 3.8) is 0 Å². The van der Waals surface area contributed by atoms with Crippen molar-refractivity contribution in [2.24, 2.45) is 0 Å².